The van der Waals surface area contributed by atoms with Crippen molar-refractivity contribution in [2.45, 2.75) is 19.3 Å². The highest BCUT2D eigenvalue weighted by molar-refractivity contribution is 7.20. The molecule has 0 aliphatic carbocycles. The Hall–Kier alpha value is -0.710. The lowest BCUT2D eigenvalue weighted by molar-refractivity contribution is 0.370. The fourth-order valence-corrected chi connectivity index (χ4v) is 3.94. The van der Waals surface area contributed by atoms with E-state index in [1.807, 2.05) is 0 Å². The Morgan fingerprint density at radius 2 is 2.18 bits per heavy atom. The summed E-state index contributed by atoms with van der Waals surface area (Å²) in [5.41, 5.74) is 1.28. The van der Waals surface area contributed by atoms with E-state index in [4.69, 9.17) is 4.98 Å². The third-order valence-corrected chi connectivity index (χ3v) is 5.17. The second-order valence-corrected chi connectivity index (χ2v) is 6.32. The number of hydrogen-bond acceptors (Lipinski definition) is 4. The van der Waals surface area contributed by atoms with Crippen LogP contribution in [0.3, 0.4) is 0 Å². The molecule has 2 aromatic heterocycles. The molecule has 0 aromatic carbocycles. The van der Waals surface area contributed by atoms with E-state index in [9.17, 15) is 0 Å². The molecule has 3 heterocycles. The fraction of sp³-hybridized carbons (Fsp3) is 0.462. The molecule has 4 heteroatoms. The second-order valence-electron chi connectivity index (χ2n) is 4.52. The van der Waals surface area contributed by atoms with Crippen LogP contribution in [-0.2, 0) is 6.42 Å². The monoisotopic (exact) mass is 264 g/mol. The van der Waals surface area contributed by atoms with Crippen LogP contribution in [0, 0.1) is 5.92 Å². The quantitative estimate of drug-likeness (QED) is 0.919. The van der Waals surface area contributed by atoms with Crippen LogP contribution in [0.5, 0.6) is 0 Å². The van der Waals surface area contributed by atoms with Gasteiger partial charge in [0.25, 0.3) is 0 Å². The minimum atomic E-state index is 0.828. The van der Waals surface area contributed by atoms with Crippen LogP contribution >= 0.6 is 22.7 Å². The first-order valence-electron chi connectivity index (χ1n) is 6.11. The molecule has 0 bridgehead atoms. The number of rotatable bonds is 3. The molecule has 1 aliphatic heterocycles. The molecular weight excluding hydrogens is 248 g/mol. The van der Waals surface area contributed by atoms with Crippen molar-refractivity contribution in [3.63, 3.8) is 0 Å². The maximum Gasteiger partial charge on any atom is 0.133 e. The van der Waals surface area contributed by atoms with Crippen molar-refractivity contribution in [2.75, 3.05) is 13.1 Å². The highest BCUT2D eigenvalue weighted by atomic mass is 32.1. The molecule has 17 heavy (non-hydrogen) atoms. The summed E-state index contributed by atoms with van der Waals surface area (Å²) in [4.78, 5) is 6.05. The lowest BCUT2D eigenvalue weighted by atomic mass is 9.94. The van der Waals surface area contributed by atoms with Gasteiger partial charge in [-0.25, -0.2) is 4.98 Å². The fourth-order valence-electron chi connectivity index (χ4n) is 2.30. The summed E-state index contributed by atoms with van der Waals surface area (Å²) in [5.74, 6) is 0.828. The number of nitrogens with one attached hydrogen (secondary N) is 1. The summed E-state index contributed by atoms with van der Waals surface area (Å²) in [6, 6.07) is 4.24. The van der Waals surface area contributed by atoms with E-state index < -0.39 is 0 Å². The van der Waals surface area contributed by atoms with E-state index in [1.165, 1.54) is 41.5 Å². The van der Waals surface area contributed by atoms with Crippen LogP contribution in [0.2, 0.25) is 0 Å². The highest BCUT2D eigenvalue weighted by Crippen LogP contribution is 2.29. The molecule has 0 radical (unpaired) electrons. The Kier molecular flexibility index (Phi) is 3.54. The van der Waals surface area contributed by atoms with Crippen molar-refractivity contribution in [3.05, 3.63) is 28.6 Å². The van der Waals surface area contributed by atoms with Crippen molar-refractivity contribution in [1.29, 1.82) is 0 Å². The maximum atomic E-state index is 4.76. The van der Waals surface area contributed by atoms with Crippen molar-refractivity contribution in [3.8, 4) is 9.88 Å². The molecule has 0 spiro atoms. The van der Waals surface area contributed by atoms with Crippen molar-refractivity contribution in [2.24, 2.45) is 5.92 Å². The van der Waals surface area contributed by atoms with Gasteiger partial charge in [-0.1, -0.05) is 6.07 Å². The van der Waals surface area contributed by atoms with Gasteiger partial charge in [0.15, 0.2) is 0 Å². The van der Waals surface area contributed by atoms with E-state index >= 15 is 0 Å². The molecule has 1 fully saturated rings. The summed E-state index contributed by atoms with van der Waals surface area (Å²) in [7, 11) is 0. The second kappa shape index (κ2) is 5.29. The average Bonchev–Trinajstić information content (AvgIpc) is 3.00. The Morgan fingerprint density at radius 1 is 1.29 bits per heavy atom. The number of thiazole rings is 1. The molecule has 0 amide bonds. The zero-order valence-corrected chi connectivity index (χ0v) is 11.3. The van der Waals surface area contributed by atoms with Gasteiger partial charge in [0.1, 0.15) is 5.01 Å². The van der Waals surface area contributed by atoms with Gasteiger partial charge in [-0.15, -0.1) is 22.7 Å². The van der Waals surface area contributed by atoms with E-state index in [2.05, 4.69) is 28.2 Å². The predicted octanol–water partition coefficient (Wildman–Crippen LogP) is 3.41. The molecule has 2 nitrogen and oxygen atoms in total. The van der Waals surface area contributed by atoms with E-state index in [1.54, 1.807) is 22.7 Å². The third kappa shape index (κ3) is 2.76. The van der Waals surface area contributed by atoms with Crippen LogP contribution in [0.25, 0.3) is 9.88 Å². The molecule has 1 aliphatic rings. The summed E-state index contributed by atoms with van der Waals surface area (Å²) in [5, 5.41) is 8.94. The molecule has 90 valence electrons. The Balaban J connectivity index is 1.68. The zero-order chi connectivity index (χ0) is 11.5. The summed E-state index contributed by atoms with van der Waals surface area (Å²) in [6.45, 7) is 2.35. The number of thiophene rings is 1. The van der Waals surface area contributed by atoms with Gasteiger partial charge in [0.05, 0.1) is 10.6 Å². The van der Waals surface area contributed by atoms with Crippen LogP contribution in [0.4, 0.5) is 0 Å². The highest BCUT2D eigenvalue weighted by Gasteiger charge is 2.15. The average molecular weight is 264 g/mol. The van der Waals surface area contributed by atoms with Gasteiger partial charge >= 0.3 is 0 Å². The van der Waals surface area contributed by atoms with Gasteiger partial charge < -0.3 is 5.32 Å². The van der Waals surface area contributed by atoms with E-state index in [-0.39, 0.29) is 0 Å². The normalized spacial score (nSPS) is 17.4. The van der Waals surface area contributed by atoms with Gasteiger partial charge in [0.2, 0.25) is 0 Å². The zero-order valence-electron chi connectivity index (χ0n) is 9.69. The van der Waals surface area contributed by atoms with Gasteiger partial charge in [-0.2, -0.15) is 0 Å². The first-order valence-corrected chi connectivity index (χ1v) is 7.87. The SMILES string of the molecule is c1csc(-c2nc(CC3CCNCC3)cs2)c1. The lowest BCUT2D eigenvalue weighted by Gasteiger charge is -2.21. The molecular formula is C13H16N2S2. The molecule has 0 atom stereocenters. The smallest absolute Gasteiger partial charge is 0.133 e. The third-order valence-electron chi connectivity index (χ3n) is 3.24. The van der Waals surface area contributed by atoms with Gasteiger partial charge in [0, 0.05) is 5.38 Å². The number of aromatic nitrogens is 1. The van der Waals surface area contributed by atoms with Crippen LogP contribution in [0.15, 0.2) is 22.9 Å². The Labute approximate surface area is 110 Å². The topological polar surface area (TPSA) is 24.9 Å². The predicted molar refractivity (Wildman–Crippen MR) is 74.7 cm³/mol. The summed E-state index contributed by atoms with van der Waals surface area (Å²) >= 11 is 3.55. The minimum Gasteiger partial charge on any atom is -0.317 e. The minimum absolute atomic E-state index is 0.828. The van der Waals surface area contributed by atoms with Crippen LogP contribution in [-0.4, -0.2) is 18.1 Å². The number of piperidine rings is 1. The summed E-state index contributed by atoms with van der Waals surface area (Å²) < 4.78 is 0. The Bertz CT molecular complexity index is 455. The van der Waals surface area contributed by atoms with Crippen LogP contribution < -0.4 is 5.32 Å². The largest absolute Gasteiger partial charge is 0.317 e. The van der Waals surface area contributed by atoms with Gasteiger partial charge in [-0.05, 0) is 49.7 Å². The molecule has 0 saturated carbocycles. The van der Waals surface area contributed by atoms with Crippen molar-refractivity contribution in [1.82, 2.24) is 10.3 Å². The first kappa shape index (κ1) is 11.4. The van der Waals surface area contributed by atoms with E-state index in [0.717, 1.165) is 12.3 Å². The lowest BCUT2D eigenvalue weighted by Crippen LogP contribution is -2.28. The molecule has 3 rings (SSSR count). The molecule has 0 unspecified atom stereocenters. The Morgan fingerprint density at radius 3 is 2.94 bits per heavy atom. The van der Waals surface area contributed by atoms with Gasteiger partial charge in [-0.3, -0.25) is 0 Å². The molecule has 1 saturated heterocycles. The number of nitrogens with zero attached hydrogens (tertiary/aromatic N) is 1. The standard InChI is InChI=1S/C13H16N2S2/c1-2-12(16-7-1)13-15-11(9-17-13)8-10-3-5-14-6-4-10/h1-2,7,9-10,14H,3-6,8H2. The summed E-state index contributed by atoms with van der Waals surface area (Å²) in [6.07, 6.45) is 3.75. The van der Waals surface area contributed by atoms with Crippen molar-refractivity contribution < 1.29 is 0 Å². The maximum absolute atomic E-state index is 4.76. The van der Waals surface area contributed by atoms with E-state index in [0.29, 0.717) is 0 Å². The first-order chi connectivity index (χ1) is 8.42. The number of hydrogen-bond donors (Lipinski definition) is 1. The van der Waals surface area contributed by atoms with Crippen LogP contribution in [0.1, 0.15) is 18.5 Å². The molecule has 1 N–H and O–H groups in total. The van der Waals surface area contributed by atoms with Crippen molar-refractivity contribution >= 4 is 22.7 Å². The molecule has 2 aromatic rings.